The normalized spacial score (nSPS) is 16.1. The number of aliphatic imine (C=N–C) groups is 1. The Hall–Kier alpha value is -1.60. The van der Waals surface area contributed by atoms with Crippen LogP contribution in [0, 0.1) is 0 Å². The quantitative estimate of drug-likeness (QED) is 0.793. The molecule has 0 aromatic heterocycles. The molecule has 112 valence electrons. The molecule has 0 saturated carbocycles. The van der Waals surface area contributed by atoms with Crippen molar-refractivity contribution in [3.63, 3.8) is 0 Å². The highest BCUT2D eigenvalue weighted by Gasteiger charge is 2.22. The molecule has 1 aromatic carbocycles. The predicted molar refractivity (Wildman–Crippen MR) is 87.6 cm³/mol. The van der Waals surface area contributed by atoms with Gasteiger partial charge in [-0.3, -0.25) is 4.79 Å². The second-order valence-electron chi connectivity index (χ2n) is 3.96. The van der Waals surface area contributed by atoms with E-state index in [-0.39, 0.29) is 5.12 Å². The average Bonchev–Trinajstić information content (AvgIpc) is 2.86. The summed E-state index contributed by atoms with van der Waals surface area (Å²) < 4.78 is 16.6. The van der Waals surface area contributed by atoms with Crippen LogP contribution in [0.25, 0.3) is 6.08 Å². The third-order valence-electron chi connectivity index (χ3n) is 2.77. The van der Waals surface area contributed by atoms with Crippen LogP contribution in [0.3, 0.4) is 0 Å². The lowest BCUT2D eigenvalue weighted by Gasteiger charge is -2.12. The monoisotopic (exact) mass is 325 g/mol. The number of benzene rings is 1. The van der Waals surface area contributed by atoms with Crippen LogP contribution in [-0.4, -0.2) is 37.1 Å². The van der Waals surface area contributed by atoms with E-state index < -0.39 is 0 Å². The first-order valence-corrected chi connectivity index (χ1v) is 8.03. The summed E-state index contributed by atoms with van der Waals surface area (Å²) in [7, 11) is 4.65. The van der Waals surface area contributed by atoms with Gasteiger partial charge in [0.1, 0.15) is 10.1 Å². The summed E-state index contributed by atoms with van der Waals surface area (Å²) >= 11 is 2.59. The maximum absolute atomic E-state index is 11.9. The zero-order valence-electron chi connectivity index (χ0n) is 12.1. The Morgan fingerprint density at radius 1 is 1.14 bits per heavy atom. The van der Waals surface area contributed by atoms with Crippen molar-refractivity contribution in [3.8, 4) is 17.2 Å². The van der Waals surface area contributed by atoms with Crippen molar-refractivity contribution in [2.75, 3.05) is 27.6 Å². The van der Waals surface area contributed by atoms with E-state index in [4.69, 9.17) is 14.2 Å². The second-order valence-corrected chi connectivity index (χ2v) is 5.97. The van der Waals surface area contributed by atoms with Crippen LogP contribution in [0.15, 0.2) is 22.8 Å². The molecule has 7 heteroatoms. The highest BCUT2D eigenvalue weighted by molar-refractivity contribution is 8.45. The molecule has 0 radical (unpaired) electrons. The van der Waals surface area contributed by atoms with E-state index in [0.717, 1.165) is 21.7 Å². The van der Waals surface area contributed by atoms with Crippen LogP contribution in [0.5, 0.6) is 17.2 Å². The van der Waals surface area contributed by atoms with Gasteiger partial charge in [-0.25, -0.2) is 4.99 Å². The molecule has 1 aliphatic rings. The Morgan fingerprint density at radius 3 is 2.19 bits per heavy atom. The first-order valence-electron chi connectivity index (χ1n) is 5.99. The van der Waals surface area contributed by atoms with Gasteiger partial charge in [0, 0.05) is 0 Å². The Bertz CT molecular complexity index is 600. The van der Waals surface area contributed by atoms with Gasteiger partial charge in [-0.2, -0.15) is 0 Å². The minimum Gasteiger partial charge on any atom is -0.493 e. The number of hydrogen-bond donors (Lipinski definition) is 0. The van der Waals surface area contributed by atoms with E-state index in [1.165, 1.54) is 11.8 Å². The third kappa shape index (κ3) is 3.36. The van der Waals surface area contributed by atoms with Crippen LogP contribution in [0.4, 0.5) is 0 Å². The van der Waals surface area contributed by atoms with Crippen LogP contribution >= 0.6 is 23.5 Å². The van der Waals surface area contributed by atoms with Crippen LogP contribution in [0.2, 0.25) is 0 Å². The fourth-order valence-corrected chi connectivity index (χ4v) is 3.08. The number of ether oxygens (including phenoxy) is 3. The molecular formula is C14H15NO4S2. The minimum absolute atomic E-state index is 0.0619. The van der Waals surface area contributed by atoms with Crippen molar-refractivity contribution in [3.05, 3.63) is 23.4 Å². The van der Waals surface area contributed by atoms with Crippen molar-refractivity contribution in [2.24, 2.45) is 4.99 Å². The highest BCUT2D eigenvalue weighted by Crippen LogP contribution is 2.39. The number of hydrogen-bond acceptors (Lipinski definition) is 7. The molecule has 1 heterocycles. The average molecular weight is 325 g/mol. The standard InChI is InChI=1S/C14H15NO4S2/c1-17-10-6-8(7-11(18-2)12(10)19-3)5-9-13(16)21-14(15-9)20-4/h5-7H,1-4H3. The lowest BCUT2D eigenvalue weighted by atomic mass is 10.1. The van der Waals surface area contributed by atoms with Crippen LogP contribution in [0.1, 0.15) is 5.56 Å². The molecule has 0 unspecified atom stereocenters. The van der Waals surface area contributed by atoms with Gasteiger partial charge >= 0.3 is 0 Å². The van der Waals surface area contributed by atoms with Crippen molar-refractivity contribution in [2.45, 2.75) is 0 Å². The Labute approximate surface area is 131 Å². The van der Waals surface area contributed by atoms with Crippen LogP contribution < -0.4 is 14.2 Å². The SMILES string of the molecule is COc1cc(C=C2N=C(SC)SC2=O)cc(OC)c1OC. The van der Waals surface area contributed by atoms with Gasteiger partial charge in [0.25, 0.3) is 0 Å². The topological polar surface area (TPSA) is 57.1 Å². The summed E-state index contributed by atoms with van der Waals surface area (Å²) in [4.78, 5) is 16.1. The summed E-state index contributed by atoms with van der Waals surface area (Å²) in [6.45, 7) is 0. The first-order chi connectivity index (χ1) is 10.1. The van der Waals surface area contributed by atoms with Gasteiger partial charge in [-0.1, -0.05) is 0 Å². The number of carbonyl (C=O) groups is 1. The van der Waals surface area contributed by atoms with Gasteiger partial charge < -0.3 is 14.2 Å². The van der Waals surface area contributed by atoms with E-state index in [1.54, 1.807) is 39.5 Å². The summed E-state index contributed by atoms with van der Waals surface area (Å²) in [6, 6.07) is 3.55. The van der Waals surface area contributed by atoms with Crippen molar-refractivity contribution >= 4 is 39.1 Å². The molecule has 0 aliphatic carbocycles. The summed E-state index contributed by atoms with van der Waals surface area (Å²) in [5.41, 5.74) is 1.18. The van der Waals surface area contributed by atoms with E-state index in [9.17, 15) is 4.79 Å². The maximum atomic E-state index is 11.9. The van der Waals surface area contributed by atoms with Gasteiger partial charge in [0.05, 0.1) is 21.3 Å². The Kier molecular flexibility index (Phi) is 5.19. The largest absolute Gasteiger partial charge is 0.493 e. The molecule has 0 atom stereocenters. The minimum atomic E-state index is -0.0619. The Morgan fingerprint density at radius 2 is 1.76 bits per heavy atom. The van der Waals surface area contributed by atoms with Gasteiger partial charge in [-0.15, -0.1) is 11.8 Å². The summed E-state index contributed by atoms with van der Waals surface area (Å²) in [5, 5.41) is -0.0619. The van der Waals surface area contributed by atoms with Crippen molar-refractivity contribution in [1.82, 2.24) is 0 Å². The van der Waals surface area contributed by atoms with Crippen molar-refractivity contribution in [1.29, 1.82) is 0 Å². The number of nitrogens with zero attached hydrogens (tertiary/aromatic N) is 1. The zero-order chi connectivity index (χ0) is 15.4. The number of thioether (sulfide) groups is 2. The summed E-state index contributed by atoms with van der Waals surface area (Å²) in [5.74, 6) is 1.59. The Balaban J connectivity index is 2.46. The van der Waals surface area contributed by atoms with E-state index in [1.807, 2.05) is 6.26 Å². The zero-order valence-corrected chi connectivity index (χ0v) is 13.8. The molecule has 1 aliphatic heterocycles. The molecule has 5 nitrogen and oxygen atoms in total. The maximum Gasteiger partial charge on any atom is 0.244 e. The molecule has 0 amide bonds. The molecular weight excluding hydrogens is 310 g/mol. The fraction of sp³-hybridized carbons (Fsp3) is 0.286. The molecule has 0 N–H and O–H groups in total. The van der Waals surface area contributed by atoms with Crippen molar-refractivity contribution < 1.29 is 19.0 Å². The van der Waals surface area contributed by atoms with E-state index >= 15 is 0 Å². The fourth-order valence-electron chi connectivity index (χ4n) is 1.82. The van der Waals surface area contributed by atoms with Crippen LogP contribution in [-0.2, 0) is 4.79 Å². The number of methoxy groups -OCH3 is 3. The summed E-state index contributed by atoms with van der Waals surface area (Å²) in [6.07, 6.45) is 3.60. The molecule has 0 fully saturated rings. The number of carbonyl (C=O) groups excluding carboxylic acids is 1. The number of rotatable bonds is 4. The molecule has 21 heavy (non-hydrogen) atoms. The molecule has 0 bridgehead atoms. The van der Waals surface area contributed by atoms with Gasteiger partial charge in [0.15, 0.2) is 11.5 Å². The van der Waals surface area contributed by atoms with E-state index in [0.29, 0.717) is 22.9 Å². The lowest BCUT2D eigenvalue weighted by molar-refractivity contribution is -0.107. The second kappa shape index (κ2) is 6.91. The first kappa shape index (κ1) is 15.8. The molecule has 2 rings (SSSR count). The molecule has 0 spiro atoms. The molecule has 0 saturated heterocycles. The third-order valence-corrected chi connectivity index (χ3v) is 4.62. The van der Waals surface area contributed by atoms with Gasteiger partial charge in [-0.05, 0) is 41.8 Å². The predicted octanol–water partition coefficient (Wildman–Crippen LogP) is 3.05. The highest BCUT2D eigenvalue weighted by atomic mass is 32.2. The molecule has 1 aromatic rings. The van der Waals surface area contributed by atoms with Gasteiger partial charge in [0.2, 0.25) is 10.9 Å². The lowest BCUT2D eigenvalue weighted by Crippen LogP contribution is -1.96. The smallest absolute Gasteiger partial charge is 0.244 e. The van der Waals surface area contributed by atoms with E-state index in [2.05, 4.69) is 4.99 Å².